The first-order valence-electron chi connectivity index (χ1n) is 19.9. The van der Waals surface area contributed by atoms with E-state index < -0.39 is 70.4 Å². The van der Waals surface area contributed by atoms with Gasteiger partial charge in [0.05, 0.1) is 0 Å². The lowest BCUT2D eigenvalue weighted by molar-refractivity contribution is -0.0339. The second-order valence-electron chi connectivity index (χ2n) is 18.9. The van der Waals surface area contributed by atoms with Crippen LogP contribution < -0.4 is 0 Å². The predicted molar refractivity (Wildman–Crippen MR) is 220 cm³/mol. The molecule has 21 heteroatoms. The summed E-state index contributed by atoms with van der Waals surface area (Å²) in [6.07, 6.45) is 0. The first kappa shape index (κ1) is 44.7. The molecular weight excluding hydrogens is 821 g/mol. The van der Waals surface area contributed by atoms with Gasteiger partial charge in [0.25, 0.3) is 0 Å². The van der Waals surface area contributed by atoms with Crippen LogP contribution in [0.3, 0.4) is 0 Å². The molecule has 6 heterocycles. The third-order valence-electron chi connectivity index (χ3n) is 8.89. The number of rotatable bonds is 16. The van der Waals surface area contributed by atoms with Crippen molar-refractivity contribution in [3.05, 3.63) is 0 Å². The highest BCUT2D eigenvalue weighted by atomic mass is 32.1. The highest BCUT2D eigenvalue weighted by Gasteiger charge is 2.83. The molecule has 0 amide bonds. The summed E-state index contributed by atoms with van der Waals surface area (Å²) < 4.78 is 92.6. The van der Waals surface area contributed by atoms with Crippen LogP contribution in [0.15, 0.2) is 0 Å². The van der Waals surface area contributed by atoms with E-state index in [1.54, 1.807) is 0 Å². The van der Waals surface area contributed by atoms with Gasteiger partial charge in [0.2, 0.25) is 0 Å². The molecule has 0 N–H and O–H groups in total. The minimum Gasteiger partial charge on any atom is -0.373 e. The van der Waals surface area contributed by atoms with Crippen molar-refractivity contribution >= 4 is 83.1 Å². The molecule has 6 rings (SSSR count). The fourth-order valence-corrected chi connectivity index (χ4v) is 60.3. The summed E-state index contributed by atoms with van der Waals surface area (Å²) >= 11 is 4.96. The third-order valence-corrected chi connectivity index (χ3v) is 49.6. The zero-order valence-corrected chi connectivity index (χ0v) is 43.5. The number of hydrogen-bond donors (Lipinski definition) is 1. The van der Waals surface area contributed by atoms with E-state index in [9.17, 15) is 0 Å². The van der Waals surface area contributed by atoms with E-state index in [-0.39, 0.29) is 46.7 Å². The second-order valence-corrected chi connectivity index (χ2v) is 43.8. The van der Waals surface area contributed by atoms with E-state index in [1.165, 1.54) is 0 Å². The summed E-state index contributed by atoms with van der Waals surface area (Å²) in [5, 5.41) is -0.157. The molecule has 0 aromatic carbocycles. The minimum atomic E-state index is -3.93. The van der Waals surface area contributed by atoms with Gasteiger partial charge in [-0.05, 0) is 41.4 Å². The van der Waals surface area contributed by atoms with Gasteiger partial charge < -0.3 is 49.4 Å². The van der Waals surface area contributed by atoms with E-state index in [0.717, 1.165) is 0 Å². The van der Waals surface area contributed by atoms with Crippen LogP contribution in [0.2, 0.25) is 48.4 Å². The Morgan fingerprint density at radius 3 is 0.462 bits per heavy atom. The molecule has 0 radical (unpaired) electrons. The minimum absolute atomic E-state index is 0.130. The summed E-state index contributed by atoms with van der Waals surface area (Å²) in [5.74, 6) is 0.940. The van der Waals surface area contributed by atoms with Crippen LogP contribution in [0.4, 0.5) is 0 Å². The topological polar surface area (TPSA) is 111 Å². The molecule has 12 nitrogen and oxygen atoms in total. The Bertz CT molecular complexity index is 901. The Morgan fingerprint density at radius 2 is 0.365 bits per heavy atom. The van der Waals surface area contributed by atoms with Gasteiger partial charge in [0.15, 0.2) is 0 Å². The average Bonchev–Trinajstić information content (AvgIpc) is 2.79. The standard InChI is InChI=1S/C31H70O12SSi8/c1-24(2)16-45-32-46(17-25(3)4)35-49(20-28(9)10)37-47(33-45,18-26(5)6)39-51(22-30(13)14)40-48(34-45,19-27(7)8)38-50(36-46,21-29(11)12)42-52(41-49,43-51)23-31(15)44/h24-31,44H,16-23H2,1-15H3. The Hall–Kier alpha value is 1.61. The first-order chi connectivity index (χ1) is 23.8. The van der Waals surface area contributed by atoms with Gasteiger partial charge in [0, 0.05) is 53.6 Å². The number of thiol groups is 1. The summed E-state index contributed by atoms with van der Waals surface area (Å²) in [6.45, 7) is 32.4. The van der Waals surface area contributed by atoms with Gasteiger partial charge in [-0.15, -0.1) is 0 Å². The van der Waals surface area contributed by atoms with Crippen LogP contribution in [-0.2, 0) is 49.4 Å². The normalized spacial score (nSPS) is 42.5. The van der Waals surface area contributed by atoms with E-state index >= 15 is 0 Å². The molecule has 6 saturated heterocycles. The Balaban J connectivity index is 1.97. The van der Waals surface area contributed by atoms with Crippen molar-refractivity contribution in [2.75, 3.05) is 0 Å². The highest BCUT2D eigenvalue weighted by Crippen LogP contribution is 2.56. The molecule has 0 aromatic rings. The zero-order valence-electron chi connectivity index (χ0n) is 34.6. The molecule has 0 saturated carbocycles. The van der Waals surface area contributed by atoms with Crippen LogP contribution in [-0.4, -0.2) is 75.7 Å². The molecule has 52 heavy (non-hydrogen) atoms. The Kier molecular flexibility index (Phi) is 13.7. The lowest BCUT2D eigenvalue weighted by Crippen LogP contribution is -2.88. The van der Waals surface area contributed by atoms with Crippen molar-refractivity contribution in [1.82, 2.24) is 0 Å². The van der Waals surface area contributed by atoms with Crippen molar-refractivity contribution in [2.24, 2.45) is 41.4 Å². The van der Waals surface area contributed by atoms with Crippen LogP contribution in [0.1, 0.15) is 104 Å². The van der Waals surface area contributed by atoms with Crippen molar-refractivity contribution in [2.45, 2.75) is 157 Å². The smallest absolute Gasteiger partial charge is 0.373 e. The van der Waals surface area contributed by atoms with Gasteiger partial charge in [-0.3, -0.25) is 0 Å². The van der Waals surface area contributed by atoms with E-state index in [1.807, 2.05) is 6.92 Å². The van der Waals surface area contributed by atoms with Crippen LogP contribution >= 0.6 is 12.6 Å². The molecule has 6 aliphatic heterocycles. The van der Waals surface area contributed by atoms with Gasteiger partial charge in [-0.25, -0.2) is 0 Å². The molecule has 0 aromatic heterocycles. The molecule has 6 fully saturated rings. The van der Waals surface area contributed by atoms with Crippen molar-refractivity contribution < 1.29 is 49.4 Å². The lowest BCUT2D eigenvalue weighted by atomic mass is 10.3. The van der Waals surface area contributed by atoms with Crippen LogP contribution in [0, 0.1) is 41.4 Å². The number of hydrogen-bond acceptors (Lipinski definition) is 13. The molecule has 1 unspecified atom stereocenters. The monoisotopic (exact) mass is 890 g/mol. The average molecular weight is 892 g/mol. The van der Waals surface area contributed by atoms with Gasteiger partial charge in [0.1, 0.15) is 0 Å². The maximum Gasteiger partial charge on any atom is 0.479 e. The van der Waals surface area contributed by atoms with Gasteiger partial charge in [-0.1, -0.05) is 104 Å². The fourth-order valence-electron chi connectivity index (χ4n) is 8.20. The van der Waals surface area contributed by atoms with Crippen molar-refractivity contribution in [3.8, 4) is 0 Å². The summed E-state index contributed by atoms with van der Waals surface area (Å²) in [5.41, 5.74) is 0. The quantitative estimate of drug-likeness (QED) is 0.118. The molecule has 0 aliphatic carbocycles. The first-order valence-corrected chi connectivity index (χ1v) is 35.9. The van der Waals surface area contributed by atoms with Crippen LogP contribution in [0.5, 0.6) is 0 Å². The van der Waals surface area contributed by atoms with Gasteiger partial charge in [-0.2, -0.15) is 12.6 Å². The molecule has 304 valence electrons. The van der Waals surface area contributed by atoms with Crippen molar-refractivity contribution in [1.29, 1.82) is 0 Å². The predicted octanol–water partition coefficient (Wildman–Crippen LogP) is 8.68. The Labute approximate surface area is 329 Å². The maximum absolute atomic E-state index is 7.73. The lowest BCUT2D eigenvalue weighted by Gasteiger charge is -2.64. The van der Waals surface area contributed by atoms with E-state index in [0.29, 0.717) is 48.4 Å². The maximum atomic E-state index is 7.73. The molecule has 0 spiro atoms. The molecular formula is C31H70O12SSi8. The Morgan fingerprint density at radius 1 is 0.250 bits per heavy atom. The molecule has 8 bridgehead atoms. The van der Waals surface area contributed by atoms with Crippen molar-refractivity contribution in [3.63, 3.8) is 0 Å². The fraction of sp³-hybridized carbons (Fsp3) is 1.00. The van der Waals surface area contributed by atoms with E-state index in [4.69, 9.17) is 62.0 Å². The summed E-state index contributed by atoms with van der Waals surface area (Å²) in [7, 11) is -31.1. The zero-order chi connectivity index (χ0) is 38.8. The van der Waals surface area contributed by atoms with E-state index in [2.05, 4.69) is 96.9 Å². The molecule has 6 aliphatic rings. The SMILES string of the molecule is CC(C)C[Si]12O[Si]3(CC(C)C)O[Si]4(CC(C)C)O[Si](CC(C)C)(O1)O[Si]1(CC(C)C)O[Si](CC(C)C)(O2)O[Si](CC(C)C)(O3)O[Si](CC(C)S)(O4)O1. The van der Waals surface area contributed by atoms with Crippen LogP contribution in [0.25, 0.3) is 0 Å². The third kappa shape index (κ3) is 10.2. The highest BCUT2D eigenvalue weighted by molar-refractivity contribution is 7.81. The summed E-state index contributed by atoms with van der Waals surface area (Å²) in [4.78, 5) is 0. The largest absolute Gasteiger partial charge is 0.479 e. The van der Waals surface area contributed by atoms with Gasteiger partial charge >= 0.3 is 70.4 Å². The molecule has 1 atom stereocenters. The summed E-state index contributed by atoms with van der Waals surface area (Å²) in [6, 6.07) is 3.82. The second kappa shape index (κ2) is 16.0.